The summed E-state index contributed by atoms with van der Waals surface area (Å²) >= 11 is 0. The molecule has 1 amide bonds. The number of piperazine rings is 1. The van der Waals surface area contributed by atoms with Gasteiger partial charge in [0.15, 0.2) is 0 Å². The van der Waals surface area contributed by atoms with Crippen LogP contribution in [0.1, 0.15) is 11.1 Å². The fourth-order valence-corrected chi connectivity index (χ4v) is 3.57. The van der Waals surface area contributed by atoms with E-state index < -0.39 is 0 Å². The molecule has 6 heteroatoms. The van der Waals surface area contributed by atoms with Crippen LogP contribution in [0.5, 0.6) is 0 Å². The second kappa shape index (κ2) is 7.42. The van der Waals surface area contributed by atoms with Gasteiger partial charge in [0.2, 0.25) is 5.91 Å². The minimum absolute atomic E-state index is 0. The molecule has 1 saturated heterocycles. The zero-order chi connectivity index (χ0) is 16.5. The van der Waals surface area contributed by atoms with Crippen molar-refractivity contribution in [2.24, 2.45) is 0 Å². The molecule has 2 aromatic carbocycles. The number of hydrogen-bond donors (Lipinski definition) is 1. The van der Waals surface area contributed by atoms with E-state index in [9.17, 15) is 9.18 Å². The smallest absolute Gasteiger partial charge is 0.231 e. The highest BCUT2D eigenvalue weighted by Gasteiger charge is 2.30. The number of nitrogens with zero attached hydrogens (tertiary/aromatic N) is 2. The van der Waals surface area contributed by atoms with Crippen LogP contribution in [0.2, 0.25) is 0 Å². The Morgan fingerprint density at radius 1 is 1.04 bits per heavy atom. The van der Waals surface area contributed by atoms with Gasteiger partial charge in [0.25, 0.3) is 0 Å². The van der Waals surface area contributed by atoms with E-state index in [2.05, 4.69) is 16.3 Å². The maximum Gasteiger partial charge on any atom is 0.231 e. The molecule has 0 spiro atoms. The Morgan fingerprint density at radius 3 is 2.52 bits per heavy atom. The lowest BCUT2D eigenvalue weighted by Gasteiger charge is -2.31. The second-order valence-corrected chi connectivity index (χ2v) is 6.30. The molecule has 0 unspecified atom stereocenters. The third kappa shape index (κ3) is 3.48. The van der Waals surface area contributed by atoms with Crippen LogP contribution in [0.15, 0.2) is 42.5 Å². The molecule has 0 saturated carbocycles. The highest BCUT2D eigenvalue weighted by Crippen LogP contribution is 2.37. The molecule has 2 aliphatic heterocycles. The summed E-state index contributed by atoms with van der Waals surface area (Å²) in [6.45, 7) is 4.24. The van der Waals surface area contributed by atoms with E-state index in [1.807, 2.05) is 18.2 Å². The number of fused-ring (bicyclic) bond motifs is 1. The molecule has 0 aliphatic carbocycles. The summed E-state index contributed by atoms with van der Waals surface area (Å²) in [4.78, 5) is 16.7. The first-order chi connectivity index (χ1) is 11.7. The van der Waals surface area contributed by atoms with E-state index in [-0.39, 0.29) is 24.1 Å². The van der Waals surface area contributed by atoms with Crippen molar-refractivity contribution < 1.29 is 9.18 Å². The lowest BCUT2D eigenvalue weighted by atomic mass is 10.1. The van der Waals surface area contributed by atoms with Gasteiger partial charge >= 0.3 is 0 Å². The van der Waals surface area contributed by atoms with Crippen molar-refractivity contribution in [2.45, 2.75) is 13.0 Å². The van der Waals surface area contributed by atoms with Crippen molar-refractivity contribution in [2.75, 3.05) is 36.0 Å². The van der Waals surface area contributed by atoms with Crippen LogP contribution in [0.3, 0.4) is 0 Å². The zero-order valence-electron chi connectivity index (χ0n) is 13.9. The van der Waals surface area contributed by atoms with Gasteiger partial charge in [-0.1, -0.05) is 18.2 Å². The molecule has 132 valence electrons. The Morgan fingerprint density at radius 2 is 1.76 bits per heavy atom. The van der Waals surface area contributed by atoms with Crippen LogP contribution in [0.4, 0.5) is 15.8 Å². The molecule has 0 aromatic heterocycles. The number of carbonyl (C=O) groups is 1. The first-order valence-electron chi connectivity index (χ1n) is 8.35. The molecule has 0 radical (unpaired) electrons. The second-order valence-electron chi connectivity index (χ2n) is 6.30. The Balaban J connectivity index is 0.00000182. The number of carbonyl (C=O) groups excluding carboxylic acids is 1. The van der Waals surface area contributed by atoms with E-state index in [1.165, 1.54) is 12.1 Å². The zero-order valence-corrected chi connectivity index (χ0v) is 14.7. The van der Waals surface area contributed by atoms with Crippen LogP contribution in [-0.2, 0) is 17.8 Å². The standard InChI is InChI=1S/C19H20FN3O.ClH/c20-15-4-1-3-14(11-15)13-23-18-6-2-5-17(16(18)12-19(23)24)22-9-7-21-8-10-22;/h1-6,11,21H,7-10,12-13H2;1H. The molecule has 2 aliphatic rings. The third-order valence-electron chi connectivity index (χ3n) is 4.73. The summed E-state index contributed by atoms with van der Waals surface area (Å²) in [6.07, 6.45) is 0.421. The average molecular weight is 362 g/mol. The van der Waals surface area contributed by atoms with Gasteiger partial charge in [0.05, 0.1) is 13.0 Å². The van der Waals surface area contributed by atoms with Crippen molar-refractivity contribution in [3.63, 3.8) is 0 Å². The quantitative estimate of drug-likeness (QED) is 0.913. The van der Waals surface area contributed by atoms with Crippen molar-refractivity contribution in [3.05, 3.63) is 59.4 Å². The molecule has 0 atom stereocenters. The van der Waals surface area contributed by atoms with Crippen LogP contribution < -0.4 is 15.1 Å². The Kier molecular flexibility index (Phi) is 5.25. The monoisotopic (exact) mass is 361 g/mol. The number of benzene rings is 2. The van der Waals surface area contributed by atoms with Gasteiger partial charge in [0.1, 0.15) is 5.82 Å². The Bertz CT molecular complexity index is 777. The first-order valence-corrected chi connectivity index (χ1v) is 8.35. The van der Waals surface area contributed by atoms with E-state index in [1.54, 1.807) is 11.0 Å². The van der Waals surface area contributed by atoms with Crippen LogP contribution in [-0.4, -0.2) is 32.1 Å². The maximum absolute atomic E-state index is 13.4. The maximum atomic E-state index is 13.4. The van der Waals surface area contributed by atoms with Gasteiger partial charge in [-0.25, -0.2) is 4.39 Å². The summed E-state index contributed by atoms with van der Waals surface area (Å²) in [7, 11) is 0. The number of rotatable bonds is 3. The summed E-state index contributed by atoms with van der Waals surface area (Å²) in [5.74, 6) is -0.189. The van der Waals surface area contributed by atoms with Crippen molar-refractivity contribution in [1.82, 2.24) is 5.32 Å². The van der Waals surface area contributed by atoms with E-state index in [0.717, 1.165) is 48.7 Å². The van der Waals surface area contributed by atoms with Gasteiger partial charge in [-0.15, -0.1) is 12.4 Å². The number of halogens is 2. The fraction of sp³-hybridized carbons (Fsp3) is 0.316. The van der Waals surface area contributed by atoms with Crippen molar-refractivity contribution >= 4 is 29.7 Å². The number of hydrogen-bond acceptors (Lipinski definition) is 3. The number of nitrogens with one attached hydrogen (secondary N) is 1. The highest BCUT2D eigenvalue weighted by molar-refractivity contribution is 6.03. The lowest BCUT2D eigenvalue weighted by molar-refractivity contribution is -0.117. The Labute approximate surface area is 153 Å². The third-order valence-corrected chi connectivity index (χ3v) is 4.73. The van der Waals surface area contributed by atoms with Gasteiger partial charge in [-0.2, -0.15) is 0 Å². The molecule has 4 nitrogen and oxygen atoms in total. The molecule has 2 aromatic rings. The fourth-order valence-electron chi connectivity index (χ4n) is 3.57. The predicted octanol–water partition coefficient (Wildman–Crippen LogP) is 2.75. The summed E-state index contributed by atoms with van der Waals surface area (Å²) in [5, 5.41) is 3.35. The molecule has 2 heterocycles. The molecule has 1 N–H and O–H groups in total. The first kappa shape index (κ1) is 17.7. The largest absolute Gasteiger partial charge is 0.369 e. The normalized spacial score (nSPS) is 16.6. The predicted molar refractivity (Wildman–Crippen MR) is 100 cm³/mol. The van der Waals surface area contributed by atoms with E-state index in [4.69, 9.17) is 0 Å². The van der Waals surface area contributed by atoms with Crippen LogP contribution >= 0.6 is 12.4 Å². The minimum Gasteiger partial charge on any atom is -0.369 e. The van der Waals surface area contributed by atoms with E-state index >= 15 is 0 Å². The Hall–Kier alpha value is -2.11. The lowest BCUT2D eigenvalue weighted by Crippen LogP contribution is -2.43. The van der Waals surface area contributed by atoms with Crippen LogP contribution in [0, 0.1) is 5.82 Å². The molecular weight excluding hydrogens is 341 g/mol. The number of amides is 1. The van der Waals surface area contributed by atoms with Gasteiger partial charge in [-0.05, 0) is 29.8 Å². The van der Waals surface area contributed by atoms with Gasteiger partial charge in [0, 0.05) is 43.1 Å². The summed E-state index contributed by atoms with van der Waals surface area (Å²) in [5.41, 5.74) is 4.02. The SMILES string of the molecule is Cl.O=C1Cc2c(N3CCNCC3)cccc2N1Cc1cccc(F)c1. The van der Waals surface area contributed by atoms with Crippen molar-refractivity contribution in [1.29, 1.82) is 0 Å². The summed E-state index contributed by atoms with van der Waals surface area (Å²) in [6, 6.07) is 12.6. The van der Waals surface area contributed by atoms with Crippen molar-refractivity contribution in [3.8, 4) is 0 Å². The topological polar surface area (TPSA) is 35.6 Å². The summed E-state index contributed by atoms with van der Waals surface area (Å²) < 4.78 is 13.4. The number of anilines is 2. The molecule has 25 heavy (non-hydrogen) atoms. The molecule has 1 fully saturated rings. The van der Waals surface area contributed by atoms with Gasteiger partial charge in [-0.3, -0.25) is 4.79 Å². The minimum atomic E-state index is -0.270. The molecule has 0 bridgehead atoms. The molecule has 4 rings (SSSR count). The van der Waals surface area contributed by atoms with Crippen LogP contribution in [0.25, 0.3) is 0 Å². The van der Waals surface area contributed by atoms with Gasteiger partial charge < -0.3 is 15.1 Å². The highest BCUT2D eigenvalue weighted by atomic mass is 35.5. The molecular formula is C19H21ClFN3O. The average Bonchev–Trinajstić information content (AvgIpc) is 2.91. The van der Waals surface area contributed by atoms with E-state index in [0.29, 0.717) is 13.0 Å².